The van der Waals surface area contributed by atoms with E-state index in [0.717, 1.165) is 0 Å². The number of carbonyl (C=O) groups excluding carboxylic acids is 1. The molecule has 0 bridgehead atoms. The number of fused-ring (bicyclic) bond motifs is 1. The molecule has 1 aromatic heterocycles. The van der Waals surface area contributed by atoms with Crippen LogP contribution in [-0.4, -0.2) is 20.6 Å². The first-order valence-corrected chi connectivity index (χ1v) is 9.23. The molecule has 25 heavy (non-hydrogen) atoms. The Morgan fingerprint density at radius 3 is 2.72 bits per heavy atom. The number of hydrogen-bond donors (Lipinski definition) is 0. The molecule has 0 N–H and O–H groups in total. The Morgan fingerprint density at radius 1 is 1.24 bits per heavy atom. The van der Waals surface area contributed by atoms with Gasteiger partial charge in [-0.05, 0) is 38.1 Å². The van der Waals surface area contributed by atoms with Crippen molar-refractivity contribution in [1.29, 1.82) is 0 Å². The van der Waals surface area contributed by atoms with Crippen molar-refractivity contribution in [1.82, 2.24) is 9.55 Å². The number of Topliss-reactive ketones (excluding diaryl/α,β-unsaturated/α-hetero) is 1. The molecule has 0 aliphatic heterocycles. The predicted molar refractivity (Wildman–Crippen MR) is 103 cm³/mol. The zero-order valence-electron chi connectivity index (χ0n) is 13.9. The molecule has 0 spiro atoms. The van der Waals surface area contributed by atoms with Gasteiger partial charge in [-0.2, -0.15) is 0 Å². The Balaban J connectivity index is 1.97. The van der Waals surface area contributed by atoms with Gasteiger partial charge in [-0.1, -0.05) is 47.6 Å². The fourth-order valence-corrected chi connectivity index (χ4v) is 3.84. The van der Waals surface area contributed by atoms with Gasteiger partial charge >= 0.3 is 0 Å². The fraction of sp³-hybridized carbons (Fsp3) is 0.211. The smallest absolute Gasteiger partial charge is 0.262 e. The summed E-state index contributed by atoms with van der Waals surface area (Å²) in [6.07, 6.45) is 0. The molecule has 0 saturated carbocycles. The molecule has 0 aliphatic rings. The monoisotopic (exact) mass is 372 g/mol. The summed E-state index contributed by atoms with van der Waals surface area (Å²) in [7, 11) is 0. The van der Waals surface area contributed by atoms with Gasteiger partial charge in [0.2, 0.25) is 0 Å². The van der Waals surface area contributed by atoms with Gasteiger partial charge in [0.05, 0.1) is 16.2 Å². The Bertz CT molecular complexity index is 1000. The van der Waals surface area contributed by atoms with Crippen LogP contribution in [0.3, 0.4) is 0 Å². The Kier molecular flexibility index (Phi) is 5.25. The van der Waals surface area contributed by atoms with Crippen molar-refractivity contribution in [3.05, 3.63) is 69.5 Å². The third kappa shape index (κ3) is 3.62. The van der Waals surface area contributed by atoms with Gasteiger partial charge in [0.25, 0.3) is 5.56 Å². The number of ketones is 1. The highest BCUT2D eigenvalue weighted by atomic mass is 35.5. The molecular weight excluding hydrogens is 356 g/mol. The molecule has 0 fully saturated rings. The average molecular weight is 373 g/mol. The van der Waals surface area contributed by atoms with E-state index in [4.69, 9.17) is 11.6 Å². The summed E-state index contributed by atoms with van der Waals surface area (Å²) in [6.45, 7) is 4.21. The van der Waals surface area contributed by atoms with Crippen LogP contribution in [0.2, 0.25) is 5.02 Å². The summed E-state index contributed by atoms with van der Waals surface area (Å²) in [5, 5.41) is 1.28. The standard InChI is InChI=1S/C19H17ClN2O2S/c1-3-22-18(24)15-9-4-5-10-16(15)21-19(22)25-12(2)17(23)13-7-6-8-14(20)11-13/h4-12H,3H2,1-2H3. The molecule has 1 heterocycles. The molecule has 0 radical (unpaired) electrons. The molecule has 128 valence electrons. The lowest BCUT2D eigenvalue weighted by Crippen LogP contribution is -2.24. The first kappa shape index (κ1) is 17.7. The minimum atomic E-state index is -0.385. The van der Waals surface area contributed by atoms with Crippen LogP contribution in [0.15, 0.2) is 58.5 Å². The van der Waals surface area contributed by atoms with Gasteiger partial charge in [0.1, 0.15) is 0 Å². The second-order valence-corrected chi connectivity index (χ2v) is 7.34. The molecule has 2 aromatic carbocycles. The van der Waals surface area contributed by atoms with Crippen molar-refractivity contribution in [2.45, 2.75) is 30.8 Å². The van der Waals surface area contributed by atoms with E-state index in [9.17, 15) is 9.59 Å². The second kappa shape index (κ2) is 7.42. The number of carbonyl (C=O) groups is 1. The third-order valence-corrected chi connectivity index (χ3v) is 5.23. The number of thioether (sulfide) groups is 1. The van der Waals surface area contributed by atoms with Crippen molar-refractivity contribution in [3.63, 3.8) is 0 Å². The van der Waals surface area contributed by atoms with Crippen LogP contribution >= 0.6 is 23.4 Å². The molecule has 0 saturated heterocycles. The van der Waals surface area contributed by atoms with Crippen molar-refractivity contribution >= 4 is 40.0 Å². The van der Waals surface area contributed by atoms with Crippen LogP contribution in [0, 0.1) is 0 Å². The SMILES string of the molecule is CCn1c(SC(C)C(=O)c2cccc(Cl)c2)nc2ccccc2c1=O. The zero-order valence-corrected chi connectivity index (χ0v) is 15.5. The van der Waals surface area contributed by atoms with Gasteiger partial charge in [0.15, 0.2) is 10.9 Å². The van der Waals surface area contributed by atoms with Crippen LogP contribution in [0.25, 0.3) is 10.9 Å². The average Bonchev–Trinajstić information content (AvgIpc) is 2.61. The second-order valence-electron chi connectivity index (χ2n) is 5.60. The number of halogens is 1. The highest BCUT2D eigenvalue weighted by Gasteiger charge is 2.20. The van der Waals surface area contributed by atoms with Crippen molar-refractivity contribution in [2.24, 2.45) is 0 Å². The van der Waals surface area contributed by atoms with Gasteiger partial charge in [-0.15, -0.1) is 0 Å². The third-order valence-electron chi connectivity index (χ3n) is 3.90. The first-order chi connectivity index (χ1) is 12.0. The number of benzene rings is 2. The number of nitrogens with zero attached hydrogens (tertiary/aromatic N) is 2. The largest absolute Gasteiger partial charge is 0.293 e. The molecular formula is C19H17ClN2O2S. The summed E-state index contributed by atoms with van der Waals surface area (Å²) in [5.74, 6) is -0.0439. The van der Waals surface area contributed by atoms with E-state index in [1.807, 2.05) is 32.0 Å². The van der Waals surface area contributed by atoms with Crippen molar-refractivity contribution in [2.75, 3.05) is 0 Å². The quantitative estimate of drug-likeness (QED) is 0.377. The van der Waals surface area contributed by atoms with Gasteiger partial charge in [-0.3, -0.25) is 14.2 Å². The minimum Gasteiger partial charge on any atom is -0.293 e. The molecule has 3 aromatic rings. The van der Waals surface area contributed by atoms with Crippen LogP contribution in [0.1, 0.15) is 24.2 Å². The van der Waals surface area contributed by atoms with E-state index >= 15 is 0 Å². The van der Waals surface area contributed by atoms with Crippen molar-refractivity contribution < 1.29 is 4.79 Å². The number of para-hydroxylation sites is 1. The minimum absolute atomic E-state index is 0.0439. The maximum Gasteiger partial charge on any atom is 0.262 e. The topological polar surface area (TPSA) is 52.0 Å². The lowest BCUT2D eigenvalue weighted by Gasteiger charge is -2.14. The summed E-state index contributed by atoms with van der Waals surface area (Å²) in [6, 6.07) is 14.1. The zero-order chi connectivity index (χ0) is 18.0. The lowest BCUT2D eigenvalue weighted by atomic mass is 10.1. The molecule has 0 amide bonds. The van der Waals surface area contributed by atoms with Gasteiger partial charge in [0, 0.05) is 17.1 Å². The van der Waals surface area contributed by atoms with E-state index in [0.29, 0.717) is 33.2 Å². The summed E-state index contributed by atoms with van der Waals surface area (Å²) in [4.78, 5) is 29.9. The van der Waals surface area contributed by atoms with Crippen LogP contribution < -0.4 is 5.56 Å². The first-order valence-electron chi connectivity index (χ1n) is 7.97. The molecule has 0 aliphatic carbocycles. The lowest BCUT2D eigenvalue weighted by molar-refractivity contribution is 0.0994. The maximum atomic E-state index is 12.7. The fourth-order valence-electron chi connectivity index (χ4n) is 2.60. The van der Waals surface area contributed by atoms with E-state index in [-0.39, 0.29) is 16.6 Å². The van der Waals surface area contributed by atoms with Crippen LogP contribution in [0.5, 0.6) is 0 Å². The van der Waals surface area contributed by atoms with Crippen molar-refractivity contribution in [3.8, 4) is 0 Å². The number of rotatable bonds is 5. The van der Waals surface area contributed by atoms with Gasteiger partial charge < -0.3 is 0 Å². The Labute approximate surface area is 154 Å². The number of hydrogen-bond acceptors (Lipinski definition) is 4. The summed E-state index contributed by atoms with van der Waals surface area (Å²) in [5.41, 5.74) is 1.11. The predicted octanol–water partition coefficient (Wildman–Crippen LogP) is 4.43. The van der Waals surface area contributed by atoms with E-state index < -0.39 is 0 Å². The van der Waals surface area contributed by atoms with E-state index in [1.165, 1.54) is 11.8 Å². The maximum absolute atomic E-state index is 12.7. The Morgan fingerprint density at radius 2 is 2.00 bits per heavy atom. The summed E-state index contributed by atoms with van der Waals surface area (Å²) >= 11 is 7.26. The normalized spacial score (nSPS) is 12.3. The van der Waals surface area contributed by atoms with Crippen LogP contribution in [0.4, 0.5) is 0 Å². The molecule has 4 nitrogen and oxygen atoms in total. The molecule has 1 unspecified atom stereocenters. The highest BCUT2D eigenvalue weighted by molar-refractivity contribution is 8.00. The van der Waals surface area contributed by atoms with E-state index in [1.54, 1.807) is 34.9 Å². The highest BCUT2D eigenvalue weighted by Crippen LogP contribution is 2.25. The molecule has 1 atom stereocenters. The van der Waals surface area contributed by atoms with E-state index in [2.05, 4.69) is 4.98 Å². The molecule has 3 rings (SSSR count). The van der Waals surface area contributed by atoms with Gasteiger partial charge in [-0.25, -0.2) is 4.98 Å². The van der Waals surface area contributed by atoms with Crippen LogP contribution in [-0.2, 0) is 6.54 Å². The Hall–Kier alpha value is -2.11. The molecule has 6 heteroatoms. The summed E-state index contributed by atoms with van der Waals surface area (Å²) < 4.78 is 1.61. The number of aromatic nitrogens is 2.